The Labute approximate surface area is 147 Å². The molecule has 2 bridgehead atoms. The summed E-state index contributed by atoms with van der Waals surface area (Å²) >= 11 is 0. The zero-order chi connectivity index (χ0) is 18.2. The highest BCUT2D eigenvalue weighted by Crippen LogP contribution is 2.42. The van der Waals surface area contributed by atoms with Gasteiger partial charge in [-0.15, -0.1) is 5.10 Å². The van der Waals surface area contributed by atoms with Gasteiger partial charge in [0.25, 0.3) is 0 Å². The van der Waals surface area contributed by atoms with Gasteiger partial charge < -0.3 is 14.4 Å². The van der Waals surface area contributed by atoms with E-state index in [9.17, 15) is 9.59 Å². The number of nitrogens with zero attached hydrogens (tertiary/aromatic N) is 4. The van der Waals surface area contributed by atoms with Crippen molar-refractivity contribution in [2.24, 2.45) is 11.8 Å². The normalized spacial score (nSPS) is 26.2. The van der Waals surface area contributed by atoms with E-state index >= 15 is 0 Å². The van der Waals surface area contributed by atoms with E-state index in [1.807, 2.05) is 25.7 Å². The average molecular weight is 350 g/mol. The Kier molecular flexibility index (Phi) is 4.71. The van der Waals surface area contributed by atoms with Crippen molar-refractivity contribution < 1.29 is 19.1 Å². The van der Waals surface area contributed by atoms with Crippen LogP contribution in [0.5, 0.6) is 0 Å². The minimum absolute atomic E-state index is 0.151. The van der Waals surface area contributed by atoms with E-state index in [4.69, 9.17) is 9.47 Å². The van der Waals surface area contributed by atoms with Crippen molar-refractivity contribution in [3.8, 4) is 0 Å². The second-order valence-electron chi connectivity index (χ2n) is 7.90. The maximum atomic E-state index is 12.4. The third kappa shape index (κ3) is 3.77. The lowest BCUT2D eigenvalue weighted by atomic mass is 9.73. The van der Waals surface area contributed by atoms with Crippen molar-refractivity contribution in [1.82, 2.24) is 19.9 Å². The summed E-state index contributed by atoms with van der Waals surface area (Å²) in [5, 5.41) is 8.08. The molecule has 1 aromatic heterocycles. The summed E-state index contributed by atoms with van der Waals surface area (Å²) in [7, 11) is 1.33. The number of methoxy groups -OCH3 is 1. The van der Waals surface area contributed by atoms with Crippen LogP contribution in [0.3, 0.4) is 0 Å². The van der Waals surface area contributed by atoms with Crippen LogP contribution in [0.15, 0.2) is 6.20 Å². The third-order valence-electron chi connectivity index (χ3n) is 4.89. The molecule has 1 saturated carbocycles. The van der Waals surface area contributed by atoms with Crippen molar-refractivity contribution in [2.45, 2.75) is 51.7 Å². The molecule has 25 heavy (non-hydrogen) atoms. The van der Waals surface area contributed by atoms with Crippen LogP contribution in [0, 0.1) is 11.8 Å². The average Bonchev–Trinajstić information content (AvgIpc) is 3.00. The van der Waals surface area contributed by atoms with E-state index in [0.717, 1.165) is 19.3 Å². The molecule has 1 aliphatic heterocycles. The Bertz CT molecular complexity index is 637. The largest absolute Gasteiger partial charge is 0.464 e. The minimum atomic E-state index is -0.496. The Morgan fingerprint density at radius 1 is 1.20 bits per heavy atom. The molecule has 2 atom stereocenters. The standard InChI is InChI=1S/C17H26N4O4/c1-17(2,3)25-16(23)20-8-11-6-5-7-12(9-20)14(11)21-10-13(18-19-21)15(22)24-4/h10-12,14H,5-9H2,1-4H3. The van der Waals surface area contributed by atoms with E-state index in [1.165, 1.54) is 7.11 Å². The fourth-order valence-electron chi connectivity index (χ4n) is 3.94. The zero-order valence-corrected chi connectivity index (χ0v) is 15.3. The van der Waals surface area contributed by atoms with Gasteiger partial charge in [0.1, 0.15) is 5.60 Å². The van der Waals surface area contributed by atoms with Crippen LogP contribution in [0.25, 0.3) is 0 Å². The summed E-state index contributed by atoms with van der Waals surface area (Å²) < 4.78 is 12.0. The molecule has 2 aliphatic rings. The van der Waals surface area contributed by atoms with Gasteiger partial charge in [0.15, 0.2) is 5.69 Å². The van der Waals surface area contributed by atoms with Gasteiger partial charge in [0.05, 0.1) is 19.3 Å². The van der Waals surface area contributed by atoms with Gasteiger partial charge in [-0.05, 0) is 45.4 Å². The van der Waals surface area contributed by atoms with E-state index in [1.54, 1.807) is 10.9 Å². The summed E-state index contributed by atoms with van der Waals surface area (Å²) in [5.41, 5.74) is -0.278. The molecule has 1 aliphatic carbocycles. The van der Waals surface area contributed by atoms with Crippen molar-refractivity contribution in [3.63, 3.8) is 0 Å². The Morgan fingerprint density at radius 2 is 1.84 bits per heavy atom. The van der Waals surface area contributed by atoms with E-state index in [-0.39, 0.29) is 29.7 Å². The molecule has 138 valence electrons. The van der Waals surface area contributed by atoms with E-state index in [0.29, 0.717) is 13.1 Å². The molecule has 1 amide bonds. The molecule has 0 radical (unpaired) electrons. The number of piperidine rings is 1. The third-order valence-corrected chi connectivity index (χ3v) is 4.89. The lowest BCUT2D eigenvalue weighted by Gasteiger charge is -2.46. The highest BCUT2D eigenvalue weighted by molar-refractivity contribution is 5.86. The number of hydrogen-bond donors (Lipinski definition) is 0. The van der Waals surface area contributed by atoms with Gasteiger partial charge in [-0.1, -0.05) is 11.6 Å². The molecule has 2 heterocycles. The molecule has 1 aromatic rings. The molecule has 0 aromatic carbocycles. The summed E-state index contributed by atoms with van der Waals surface area (Å²) in [6, 6.07) is 0.151. The molecule has 3 rings (SSSR count). The molecule has 2 unspecified atom stereocenters. The van der Waals surface area contributed by atoms with Crippen molar-refractivity contribution in [1.29, 1.82) is 0 Å². The predicted molar refractivity (Wildman–Crippen MR) is 89.0 cm³/mol. The fraction of sp³-hybridized carbons (Fsp3) is 0.765. The first-order valence-electron chi connectivity index (χ1n) is 8.76. The van der Waals surface area contributed by atoms with Gasteiger partial charge in [-0.2, -0.15) is 0 Å². The summed E-state index contributed by atoms with van der Waals surface area (Å²) in [6.45, 7) is 6.92. The smallest absolute Gasteiger partial charge is 0.410 e. The number of aromatic nitrogens is 3. The maximum Gasteiger partial charge on any atom is 0.410 e. The predicted octanol–water partition coefficient (Wildman–Crippen LogP) is 2.27. The molecule has 8 nitrogen and oxygen atoms in total. The Hall–Kier alpha value is -2.12. The van der Waals surface area contributed by atoms with Gasteiger partial charge in [0, 0.05) is 13.1 Å². The lowest BCUT2D eigenvalue weighted by Crippen LogP contribution is -2.52. The van der Waals surface area contributed by atoms with E-state index in [2.05, 4.69) is 10.3 Å². The fourth-order valence-corrected chi connectivity index (χ4v) is 3.94. The Balaban J connectivity index is 1.75. The number of ether oxygens (including phenoxy) is 2. The second kappa shape index (κ2) is 6.65. The number of hydrogen-bond acceptors (Lipinski definition) is 6. The number of carbonyl (C=O) groups is 2. The summed E-state index contributed by atoms with van der Waals surface area (Å²) in [6.07, 6.45) is 4.59. The molecule has 8 heteroatoms. The van der Waals surface area contributed by atoms with Crippen molar-refractivity contribution >= 4 is 12.1 Å². The van der Waals surface area contributed by atoms with Crippen LogP contribution >= 0.6 is 0 Å². The lowest BCUT2D eigenvalue weighted by molar-refractivity contribution is -0.0148. The topological polar surface area (TPSA) is 86.5 Å². The number of fused-ring (bicyclic) bond motifs is 2. The summed E-state index contributed by atoms with van der Waals surface area (Å²) in [4.78, 5) is 25.9. The molecule has 0 N–H and O–H groups in total. The van der Waals surface area contributed by atoms with Crippen LogP contribution in [-0.4, -0.2) is 57.8 Å². The number of esters is 1. The van der Waals surface area contributed by atoms with Gasteiger partial charge in [-0.25, -0.2) is 14.3 Å². The first kappa shape index (κ1) is 17.7. The molecule has 2 fully saturated rings. The monoisotopic (exact) mass is 350 g/mol. The van der Waals surface area contributed by atoms with Crippen molar-refractivity contribution in [2.75, 3.05) is 20.2 Å². The van der Waals surface area contributed by atoms with Gasteiger partial charge in [-0.3, -0.25) is 0 Å². The SMILES string of the molecule is COC(=O)c1cn(C2C3CCCC2CN(C(=O)OC(C)(C)C)C3)nn1. The quantitative estimate of drug-likeness (QED) is 0.761. The van der Waals surface area contributed by atoms with Crippen LogP contribution < -0.4 is 0 Å². The molecular formula is C17H26N4O4. The van der Waals surface area contributed by atoms with Gasteiger partial charge in [0.2, 0.25) is 0 Å². The minimum Gasteiger partial charge on any atom is -0.464 e. The first-order chi connectivity index (χ1) is 11.8. The first-order valence-corrected chi connectivity index (χ1v) is 8.76. The highest BCUT2D eigenvalue weighted by atomic mass is 16.6. The maximum absolute atomic E-state index is 12.4. The van der Waals surface area contributed by atoms with Gasteiger partial charge >= 0.3 is 12.1 Å². The molecule has 0 spiro atoms. The zero-order valence-electron chi connectivity index (χ0n) is 15.3. The number of rotatable bonds is 2. The second-order valence-corrected chi connectivity index (χ2v) is 7.90. The van der Waals surface area contributed by atoms with Crippen LogP contribution in [0.4, 0.5) is 4.79 Å². The molecular weight excluding hydrogens is 324 g/mol. The number of amides is 1. The van der Waals surface area contributed by atoms with Crippen LogP contribution in [-0.2, 0) is 9.47 Å². The number of carbonyl (C=O) groups excluding carboxylic acids is 2. The number of likely N-dealkylation sites (tertiary alicyclic amines) is 1. The van der Waals surface area contributed by atoms with Crippen LogP contribution in [0.2, 0.25) is 0 Å². The van der Waals surface area contributed by atoms with E-state index < -0.39 is 11.6 Å². The molecule has 1 saturated heterocycles. The highest BCUT2D eigenvalue weighted by Gasteiger charge is 2.43. The Morgan fingerprint density at radius 3 is 2.40 bits per heavy atom. The van der Waals surface area contributed by atoms with Crippen molar-refractivity contribution in [3.05, 3.63) is 11.9 Å². The summed E-state index contributed by atoms with van der Waals surface area (Å²) in [5.74, 6) is 0.0852. The van der Waals surface area contributed by atoms with Crippen LogP contribution in [0.1, 0.15) is 56.6 Å².